The molecule has 0 radical (unpaired) electrons. The number of nitrogens with zero attached hydrogens (tertiary/aromatic N) is 1. The zero-order chi connectivity index (χ0) is 13.0. The van der Waals surface area contributed by atoms with Crippen molar-refractivity contribution in [3.63, 3.8) is 0 Å². The molecule has 1 amide bonds. The van der Waals surface area contributed by atoms with Gasteiger partial charge in [0.25, 0.3) is 5.91 Å². The maximum absolute atomic E-state index is 12.3. The van der Waals surface area contributed by atoms with E-state index in [0.717, 1.165) is 37.0 Å². The van der Waals surface area contributed by atoms with Crippen LogP contribution in [0.25, 0.3) is 0 Å². The van der Waals surface area contributed by atoms with Crippen molar-refractivity contribution in [3.8, 4) is 5.88 Å². The highest BCUT2D eigenvalue weighted by molar-refractivity contribution is 5.94. The fraction of sp³-hybridized carbons (Fsp3) is 0.714. The Morgan fingerprint density at radius 1 is 1.26 bits per heavy atom. The zero-order valence-corrected chi connectivity index (χ0v) is 10.9. The number of hydrogen-bond acceptors (Lipinski definition) is 3. The van der Waals surface area contributed by atoms with Gasteiger partial charge in [-0.1, -0.05) is 0 Å². The third-order valence-electron chi connectivity index (χ3n) is 5.25. The molecule has 4 bridgehead atoms. The van der Waals surface area contributed by atoms with E-state index in [1.807, 2.05) is 0 Å². The van der Waals surface area contributed by atoms with Crippen molar-refractivity contribution >= 4 is 5.91 Å². The number of carbonyl (C=O) groups excluding carboxylic acids is 1. The van der Waals surface area contributed by atoms with Gasteiger partial charge >= 0.3 is 0 Å². The van der Waals surface area contributed by atoms with Gasteiger partial charge in [0.1, 0.15) is 0 Å². The number of H-pyrrole nitrogens is 1. The molecule has 0 spiro atoms. The SMILES string of the molecule is O=C(NC12CC3CC(CC(C3)C1)C2)c1nc[nH]c1O. The number of hydrogen-bond donors (Lipinski definition) is 3. The number of rotatable bonds is 2. The molecule has 5 heteroatoms. The first-order valence-corrected chi connectivity index (χ1v) is 7.18. The van der Waals surface area contributed by atoms with E-state index in [0.29, 0.717) is 0 Å². The Kier molecular flexibility index (Phi) is 2.23. The van der Waals surface area contributed by atoms with Gasteiger partial charge in [0, 0.05) is 5.54 Å². The topological polar surface area (TPSA) is 78.0 Å². The fourth-order valence-electron chi connectivity index (χ4n) is 5.02. The van der Waals surface area contributed by atoms with Crippen LogP contribution in [0.15, 0.2) is 6.33 Å². The van der Waals surface area contributed by atoms with Crippen LogP contribution in [0.4, 0.5) is 0 Å². The van der Waals surface area contributed by atoms with Crippen LogP contribution in [0.5, 0.6) is 5.88 Å². The summed E-state index contributed by atoms with van der Waals surface area (Å²) in [7, 11) is 0. The second-order valence-electron chi connectivity index (χ2n) is 6.75. The van der Waals surface area contributed by atoms with Gasteiger partial charge in [0.2, 0.25) is 5.88 Å². The van der Waals surface area contributed by atoms with E-state index in [9.17, 15) is 9.90 Å². The molecule has 5 rings (SSSR count). The molecule has 102 valence electrons. The zero-order valence-electron chi connectivity index (χ0n) is 10.9. The normalized spacial score (nSPS) is 39.5. The van der Waals surface area contributed by atoms with E-state index in [2.05, 4.69) is 15.3 Å². The Balaban J connectivity index is 1.56. The van der Waals surface area contributed by atoms with Gasteiger partial charge in [-0.3, -0.25) is 4.79 Å². The minimum absolute atomic E-state index is 0.0305. The van der Waals surface area contributed by atoms with E-state index in [4.69, 9.17) is 0 Å². The van der Waals surface area contributed by atoms with Gasteiger partial charge < -0.3 is 15.4 Å². The minimum atomic E-state index is -0.235. The van der Waals surface area contributed by atoms with Gasteiger partial charge in [-0.2, -0.15) is 0 Å². The lowest BCUT2D eigenvalue weighted by Gasteiger charge is -2.56. The quantitative estimate of drug-likeness (QED) is 0.759. The first-order valence-electron chi connectivity index (χ1n) is 7.18. The summed E-state index contributed by atoms with van der Waals surface area (Å²) in [5, 5.41) is 12.7. The Labute approximate surface area is 111 Å². The summed E-state index contributed by atoms with van der Waals surface area (Å²) in [5.74, 6) is 2.00. The molecule has 0 unspecified atom stereocenters. The summed E-state index contributed by atoms with van der Waals surface area (Å²) in [6.45, 7) is 0. The number of aromatic amines is 1. The molecule has 0 aromatic carbocycles. The Bertz CT molecular complexity index is 487. The van der Waals surface area contributed by atoms with E-state index < -0.39 is 0 Å². The van der Waals surface area contributed by atoms with Crippen molar-refractivity contribution in [3.05, 3.63) is 12.0 Å². The van der Waals surface area contributed by atoms with Crippen molar-refractivity contribution in [1.29, 1.82) is 0 Å². The van der Waals surface area contributed by atoms with Crippen LogP contribution >= 0.6 is 0 Å². The molecule has 0 aliphatic heterocycles. The molecule has 3 N–H and O–H groups in total. The molecule has 1 heterocycles. The molecule has 0 saturated heterocycles. The summed E-state index contributed by atoms with van der Waals surface area (Å²) in [5.41, 5.74) is 0.0905. The van der Waals surface area contributed by atoms with E-state index in [1.165, 1.54) is 25.6 Å². The maximum Gasteiger partial charge on any atom is 0.275 e. The van der Waals surface area contributed by atoms with Crippen molar-refractivity contribution in [2.24, 2.45) is 17.8 Å². The predicted octanol–water partition coefficient (Wildman–Crippen LogP) is 1.81. The highest BCUT2D eigenvalue weighted by Gasteiger charge is 2.51. The highest BCUT2D eigenvalue weighted by atomic mass is 16.3. The lowest BCUT2D eigenvalue weighted by atomic mass is 9.53. The predicted molar refractivity (Wildman–Crippen MR) is 68.6 cm³/mol. The first kappa shape index (κ1) is 11.3. The fourth-order valence-corrected chi connectivity index (χ4v) is 5.02. The lowest BCUT2D eigenvalue weighted by Crippen LogP contribution is -2.59. The number of nitrogens with one attached hydrogen (secondary N) is 2. The molecule has 19 heavy (non-hydrogen) atoms. The average molecular weight is 261 g/mol. The van der Waals surface area contributed by atoms with Crippen LogP contribution in [0.3, 0.4) is 0 Å². The van der Waals surface area contributed by atoms with Crippen LogP contribution in [0.1, 0.15) is 49.0 Å². The molecule has 4 fully saturated rings. The lowest BCUT2D eigenvalue weighted by molar-refractivity contribution is -0.0168. The van der Waals surface area contributed by atoms with Gasteiger partial charge in [-0.15, -0.1) is 0 Å². The highest BCUT2D eigenvalue weighted by Crippen LogP contribution is 2.55. The van der Waals surface area contributed by atoms with Gasteiger partial charge in [-0.05, 0) is 56.3 Å². The first-order chi connectivity index (χ1) is 9.13. The molecule has 1 aromatic rings. The molecule has 4 aliphatic carbocycles. The summed E-state index contributed by atoms with van der Waals surface area (Å²) >= 11 is 0. The number of carbonyl (C=O) groups is 1. The number of amides is 1. The standard InChI is InChI=1S/C14H19N3O2/c18-12-11(15-7-16-12)13(19)17-14-4-8-1-9(5-14)3-10(2-8)6-14/h7-10,18H,1-6H2,(H,15,16)(H,17,19). The number of imidazole rings is 1. The minimum Gasteiger partial charge on any atom is -0.493 e. The Hall–Kier alpha value is -1.52. The van der Waals surface area contributed by atoms with E-state index >= 15 is 0 Å². The monoisotopic (exact) mass is 261 g/mol. The maximum atomic E-state index is 12.3. The summed E-state index contributed by atoms with van der Waals surface area (Å²) < 4.78 is 0. The summed E-state index contributed by atoms with van der Waals surface area (Å²) in [6, 6.07) is 0. The largest absolute Gasteiger partial charge is 0.493 e. The molecule has 0 atom stereocenters. The van der Waals surface area contributed by atoms with Crippen LogP contribution in [0, 0.1) is 17.8 Å². The summed E-state index contributed by atoms with van der Waals surface area (Å²) in [4.78, 5) is 18.7. The van der Waals surface area contributed by atoms with Crippen LogP contribution in [0.2, 0.25) is 0 Å². The molecule has 4 saturated carbocycles. The number of aromatic hydroxyl groups is 1. The summed E-state index contributed by atoms with van der Waals surface area (Å²) in [6.07, 6.45) is 8.72. The molecule has 1 aromatic heterocycles. The third kappa shape index (κ3) is 1.75. The van der Waals surface area contributed by atoms with Crippen LogP contribution < -0.4 is 5.32 Å². The van der Waals surface area contributed by atoms with Crippen molar-refractivity contribution < 1.29 is 9.90 Å². The van der Waals surface area contributed by atoms with Gasteiger partial charge in [-0.25, -0.2) is 4.98 Å². The van der Waals surface area contributed by atoms with Crippen LogP contribution in [-0.2, 0) is 0 Å². The van der Waals surface area contributed by atoms with Crippen molar-refractivity contribution in [2.75, 3.05) is 0 Å². The average Bonchev–Trinajstić information content (AvgIpc) is 2.72. The molecular weight excluding hydrogens is 242 g/mol. The molecule has 4 aliphatic rings. The number of aromatic nitrogens is 2. The molecule has 5 nitrogen and oxygen atoms in total. The smallest absolute Gasteiger partial charge is 0.275 e. The third-order valence-corrected chi connectivity index (χ3v) is 5.25. The van der Waals surface area contributed by atoms with Crippen molar-refractivity contribution in [1.82, 2.24) is 15.3 Å². The van der Waals surface area contributed by atoms with Gasteiger partial charge in [0.15, 0.2) is 5.69 Å². The van der Waals surface area contributed by atoms with E-state index in [1.54, 1.807) is 0 Å². The molecular formula is C14H19N3O2. The van der Waals surface area contributed by atoms with Crippen LogP contribution in [-0.4, -0.2) is 26.5 Å². The Morgan fingerprint density at radius 3 is 2.32 bits per heavy atom. The second kappa shape index (κ2) is 3.74. The van der Waals surface area contributed by atoms with Gasteiger partial charge in [0.05, 0.1) is 6.33 Å². The van der Waals surface area contributed by atoms with E-state index in [-0.39, 0.29) is 23.0 Å². The van der Waals surface area contributed by atoms with Crippen molar-refractivity contribution in [2.45, 2.75) is 44.1 Å². The second-order valence-corrected chi connectivity index (χ2v) is 6.75. The Morgan fingerprint density at radius 2 is 1.84 bits per heavy atom.